The summed E-state index contributed by atoms with van der Waals surface area (Å²) < 4.78 is 0. The second kappa shape index (κ2) is 6.98. The highest BCUT2D eigenvalue weighted by molar-refractivity contribution is 5.48. The minimum Gasteiger partial charge on any atom is -0.372 e. The van der Waals surface area contributed by atoms with Crippen molar-refractivity contribution in [3.63, 3.8) is 0 Å². The standard InChI is InChI=1S/C18H29N/c1-4-5-6-16-11-13-19(14-12-16)18-9-7-17(8-10-18)15(2)3/h7-10,15-16H,4-6,11-14H2,1-3H3. The Morgan fingerprint density at radius 3 is 2.26 bits per heavy atom. The molecule has 1 aliphatic heterocycles. The van der Waals surface area contributed by atoms with Crippen molar-refractivity contribution >= 4 is 5.69 Å². The van der Waals surface area contributed by atoms with E-state index in [4.69, 9.17) is 0 Å². The maximum absolute atomic E-state index is 2.56. The average molecular weight is 259 g/mol. The summed E-state index contributed by atoms with van der Waals surface area (Å²) in [7, 11) is 0. The molecule has 0 atom stereocenters. The van der Waals surface area contributed by atoms with E-state index in [1.165, 1.54) is 56.4 Å². The fourth-order valence-electron chi connectivity index (χ4n) is 3.04. The molecule has 1 nitrogen and oxygen atoms in total. The first-order valence-electron chi connectivity index (χ1n) is 8.05. The first kappa shape index (κ1) is 14.4. The molecule has 106 valence electrons. The molecule has 0 radical (unpaired) electrons. The molecule has 1 fully saturated rings. The molecule has 1 heterocycles. The van der Waals surface area contributed by atoms with E-state index in [9.17, 15) is 0 Å². The van der Waals surface area contributed by atoms with Crippen molar-refractivity contribution in [2.75, 3.05) is 18.0 Å². The van der Waals surface area contributed by atoms with Crippen LogP contribution in [0.3, 0.4) is 0 Å². The van der Waals surface area contributed by atoms with Gasteiger partial charge in [0.25, 0.3) is 0 Å². The van der Waals surface area contributed by atoms with Gasteiger partial charge in [-0.1, -0.05) is 52.2 Å². The van der Waals surface area contributed by atoms with E-state index < -0.39 is 0 Å². The molecular weight excluding hydrogens is 230 g/mol. The zero-order chi connectivity index (χ0) is 13.7. The van der Waals surface area contributed by atoms with Crippen LogP contribution in [0.1, 0.15) is 64.4 Å². The molecule has 0 aliphatic carbocycles. The number of hydrogen-bond donors (Lipinski definition) is 0. The van der Waals surface area contributed by atoms with Crippen LogP contribution in [0, 0.1) is 5.92 Å². The lowest BCUT2D eigenvalue weighted by atomic mass is 9.91. The number of hydrogen-bond acceptors (Lipinski definition) is 1. The van der Waals surface area contributed by atoms with Gasteiger partial charge in [0.05, 0.1) is 0 Å². The van der Waals surface area contributed by atoms with E-state index in [1.807, 2.05) is 0 Å². The number of nitrogens with zero attached hydrogens (tertiary/aromatic N) is 1. The molecule has 0 bridgehead atoms. The Kier molecular flexibility index (Phi) is 5.30. The Morgan fingerprint density at radius 2 is 1.74 bits per heavy atom. The molecule has 1 aromatic carbocycles. The van der Waals surface area contributed by atoms with Gasteiger partial charge >= 0.3 is 0 Å². The highest BCUT2D eigenvalue weighted by Gasteiger charge is 2.18. The molecule has 1 saturated heterocycles. The van der Waals surface area contributed by atoms with Gasteiger partial charge in [-0.2, -0.15) is 0 Å². The minimum atomic E-state index is 0.633. The summed E-state index contributed by atoms with van der Waals surface area (Å²) in [6, 6.07) is 9.20. The quantitative estimate of drug-likeness (QED) is 0.701. The summed E-state index contributed by atoms with van der Waals surface area (Å²) in [4.78, 5) is 2.56. The van der Waals surface area contributed by atoms with Crippen LogP contribution in [-0.2, 0) is 0 Å². The van der Waals surface area contributed by atoms with Crippen molar-refractivity contribution in [1.29, 1.82) is 0 Å². The molecule has 1 aromatic rings. The Bertz CT molecular complexity index is 358. The summed E-state index contributed by atoms with van der Waals surface area (Å²) in [6.45, 7) is 9.30. The second-order valence-corrected chi connectivity index (χ2v) is 6.32. The van der Waals surface area contributed by atoms with E-state index in [0.717, 1.165) is 5.92 Å². The van der Waals surface area contributed by atoms with Gasteiger partial charge < -0.3 is 4.90 Å². The molecule has 0 aromatic heterocycles. The zero-order valence-electron chi connectivity index (χ0n) is 12.9. The van der Waals surface area contributed by atoms with E-state index in [0.29, 0.717) is 5.92 Å². The predicted octanol–water partition coefficient (Wildman–Crippen LogP) is 5.22. The predicted molar refractivity (Wildman–Crippen MR) is 85.0 cm³/mol. The maximum Gasteiger partial charge on any atom is 0.0366 e. The molecule has 0 spiro atoms. The van der Waals surface area contributed by atoms with E-state index in [2.05, 4.69) is 49.9 Å². The van der Waals surface area contributed by atoms with Gasteiger partial charge in [-0.05, 0) is 42.4 Å². The molecular formula is C18H29N. The first-order valence-corrected chi connectivity index (χ1v) is 8.05. The van der Waals surface area contributed by atoms with Crippen LogP contribution in [0.5, 0.6) is 0 Å². The van der Waals surface area contributed by atoms with Gasteiger partial charge in [0.1, 0.15) is 0 Å². The van der Waals surface area contributed by atoms with Crippen LogP contribution in [0.15, 0.2) is 24.3 Å². The maximum atomic E-state index is 2.56. The van der Waals surface area contributed by atoms with E-state index in [1.54, 1.807) is 0 Å². The van der Waals surface area contributed by atoms with Gasteiger partial charge in [0.2, 0.25) is 0 Å². The third-order valence-electron chi connectivity index (χ3n) is 4.51. The van der Waals surface area contributed by atoms with Gasteiger partial charge in [-0.25, -0.2) is 0 Å². The summed E-state index contributed by atoms with van der Waals surface area (Å²) in [5, 5.41) is 0. The van der Waals surface area contributed by atoms with Crippen LogP contribution >= 0.6 is 0 Å². The SMILES string of the molecule is CCCCC1CCN(c2ccc(C(C)C)cc2)CC1. The molecule has 0 amide bonds. The van der Waals surface area contributed by atoms with Crippen LogP contribution in [0.2, 0.25) is 0 Å². The first-order chi connectivity index (χ1) is 9.20. The lowest BCUT2D eigenvalue weighted by molar-refractivity contribution is 0.371. The number of rotatable bonds is 5. The highest BCUT2D eigenvalue weighted by Crippen LogP contribution is 2.27. The van der Waals surface area contributed by atoms with Crippen LogP contribution in [0.25, 0.3) is 0 Å². The van der Waals surface area contributed by atoms with Crippen molar-refractivity contribution < 1.29 is 0 Å². The summed E-state index contributed by atoms with van der Waals surface area (Å²) >= 11 is 0. The molecule has 2 rings (SSSR count). The summed E-state index contributed by atoms with van der Waals surface area (Å²) in [5.41, 5.74) is 2.86. The van der Waals surface area contributed by atoms with Crippen molar-refractivity contribution in [1.82, 2.24) is 0 Å². The number of piperidine rings is 1. The van der Waals surface area contributed by atoms with Crippen LogP contribution < -0.4 is 4.90 Å². The van der Waals surface area contributed by atoms with Gasteiger partial charge in [-0.3, -0.25) is 0 Å². The fourth-order valence-corrected chi connectivity index (χ4v) is 3.04. The largest absolute Gasteiger partial charge is 0.372 e. The summed E-state index contributed by atoms with van der Waals surface area (Å²) in [6.07, 6.45) is 6.96. The zero-order valence-corrected chi connectivity index (χ0v) is 12.9. The Balaban J connectivity index is 1.87. The molecule has 0 unspecified atom stereocenters. The lowest BCUT2D eigenvalue weighted by Gasteiger charge is -2.33. The number of unbranched alkanes of at least 4 members (excludes halogenated alkanes) is 1. The smallest absolute Gasteiger partial charge is 0.0366 e. The molecule has 0 saturated carbocycles. The Hall–Kier alpha value is -0.980. The lowest BCUT2D eigenvalue weighted by Crippen LogP contribution is -2.33. The monoisotopic (exact) mass is 259 g/mol. The van der Waals surface area contributed by atoms with Gasteiger partial charge in [-0.15, -0.1) is 0 Å². The number of benzene rings is 1. The highest BCUT2D eigenvalue weighted by atomic mass is 15.1. The minimum absolute atomic E-state index is 0.633. The van der Waals surface area contributed by atoms with Gasteiger partial charge in [0, 0.05) is 18.8 Å². The summed E-state index contributed by atoms with van der Waals surface area (Å²) in [5.74, 6) is 1.61. The van der Waals surface area contributed by atoms with Crippen molar-refractivity contribution in [2.45, 2.75) is 58.8 Å². The van der Waals surface area contributed by atoms with Crippen molar-refractivity contribution in [3.8, 4) is 0 Å². The van der Waals surface area contributed by atoms with E-state index >= 15 is 0 Å². The fraction of sp³-hybridized carbons (Fsp3) is 0.667. The molecule has 19 heavy (non-hydrogen) atoms. The average Bonchev–Trinajstić information content (AvgIpc) is 2.46. The van der Waals surface area contributed by atoms with Crippen LogP contribution in [-0.4, -0.2) is 13.1 Å². The Labute approximate surface area is 119 Å². The third kappa shape index (κ3) is 3.99. The Morgan fingerprint density at radius 1 is 1.11 bits per heavy atom. The topological polar surface area (TPSA) is 3.24 Å². The van der Waals surface area contributed by atoms with Crippen molar-refractivity contribution in [2.24, 2.45) is 5.92 Å². The normalized spacial score (nSPS) is 17.2. The van der Waals surface area contributed by atoms with Crippen LogP contribution in [0.4, 0.5) is 5.69 Å². The number of anilines is 1. The van der Waals surface area contributed by atoms with E-state index in [-0.39, 0.29) is 0 Å². The molecule has 1 aliphatic rings. The van der Waals surface area contributed by atoms with Gasteiger partial charge in [0.15, 0.2) is 0 Å². The van der Waals surface area contributed by atoms with Crippen molar-refractivity contribution in [3.05, 3.63) is 29.8 Å². The third-order valence-corrected chi connectivity index (χ3v) is 4.51. The second-order valence-electron chi connectivity index (χ2n) is 6.32. The molecule has 1 heteroatoms. The molecule has 0 N–H and O–H groups in total.